The summed E-state index contributed by atoms with van der Waals surface area (Å²) < 4.78 is 25.6. The van der Waals surface area contributed by atoms with E-state index in [4.69, 9.17) is 5.26 Å². The lowest BCUT2D eigenvalue weighted by atomic mass is 10.3. The van der Waals surface area contributed by atoms with Crippen molar-refractivity contribution in [3.05, 3.63) is 32.8 Å². The number of nitro benzene ring substituents is 1. The number of hydrogen-bond acceptors (Lipinski definition) is 5. The smallest absolute Gasteiger partial charge is 0.270 e. The van der Waals surface area contributed by atoms with Crippen LogP contribution in [0.1, 0.15) is 6.92 Å². The summed E-state index contributed by atoms with van der Waals surface area (Å²) in [6.45, 7) is 1.24. The predicted octanol–water partition coefficient (Wildman–Crippen LogP) is 2.01. The predicted molar refractivity (Wildman–Crippen MR) is 68.4 cm³/mol. The van der Waals surface area contributed by atoms with Crippen LogP contribution in [0.25, 0.3) is 0 Å². The molecule has 0 fully saturated rings. The lowest BCUT2D eigenvalue weighted by Crippen LogP contribution is -2.23. The monoisotopic (exact) mass is 333 g/mol. The van der Waals surface area contributed by atoms with Gasteiger partial charge >= 0.3 is 0 Å². The molecule has 1 unspecified atom stereocenters. The van der Waals surface area contributed by atoms with Crippen molar-refractivity contribution in [2.75, 3.05) is 4.72 Å². The average Bonchev–Trinajstić information content (AvgIpc) is 2.30. The second-order valence-corrected chi connectivity index (χ2v) is 6.20. The van der Waals surface area contributed by atoms with Crippen molar-refractivity contribution >= 4 is 37.3 Å². The number of rotatable bonds is 4. The third kappa shape index (κ3) is 3.18. The van der Waals surface area contributed by atoms with E-state index in [9.17, 15) is 18.5 Å². The van der Waals surface area contributed by atoms with Crippen LogP contribution in [0.5, 0.6) is 0 Å². The highest BCUT2D eigenvalue weighted by atomic mass is 79.9. The highest BCUT2D eigenvalue weighted by molar-refractivity contribution is 9.10. The number of sulfonamides is 1. The summed E-state index contributed by atoms with van der Waals surface area (Å²) in [6.07, 6.45) is 0. The molecule has 0 aliphatic rings. The molecule has 0 aliphatic heterocycles. The Morgan fingerprint density at radius 2 is 2.17 bits per heavy atom. The number of benzene rings is 1. The van der Waals surface area contributed by atoms with Crippen LogP contribution in [0.15, 0.2) is 22.7 Å². The normalized spacial score (nSPS) is 12.5. The van der Waals surface area contributed by atoms with Crippen molar-refractivity contribution in [1.82, 2.24) is 0 Å². The van der Waals surface area contributed by atoms with E-state index in [0.29, 0.717) is 0 Å². The third-order valence-electron chi connectivity index (χ3n) is 2.06. The van der Waals surface area contributed by atoms with E-state index in [1.54, 1.807) is 6.07 Å². The first kappa shape index (κ1) is 14.4. The zero-order valence-electron chi connectivity index (χ0n) is 9.12. The number of halogens is 1. The van der Waals surface area contributed by atoms with Gasteiger partial charge in [-0.15, -0.1) is 0 Å². The minimum Gasteiger partial charge on any atom is -0.281 e. The molecule has 0 aromatic heterocycles. The molecule has 0 aliphatic carbocycles. The highest BCUT2D eigenvalue weighted by Crippen LogP contribution is 2.28. The fourth-order valence-corrected chi connectivity index (χ4v) is 2.41. The van der Waals surface area contributed by atoms with Crippen LogP contribution in [0.3, 0.4) is 0 Å². The molecule has 96 valence electrons. The van der Waals surface area contributed by atoms with E-state index in [1.165, 1.54) is 25.1 Å². The second kappa shape index (κ2) is 5.32. The van der Waals surface area contributed by atoms with Gasteiger partial charge in [-0.25, -0.2) is 8.42 Å². The summed E-state index contributed by atoms with van der Waals surface area (Å²) in [4.78, 5) is 9.91. The van der Waals surface area contributed by atoms with Gasteiger partial charge in [0.1, 0.15) is 0 Å². The van der Waals surface area contributed by atoms with Crippen LogP contribution in [0.2, 0.25) is 0 Å². The molecule has 9 heteroatoms. The maximum atomic E-state index is 11.6. The SMILES string of the molecule is CC(C#N)S(=O)(=O)Nc1ccc([N+](=O)[O-])cc1Br. The molecular weight excluding hydrogens is 326 g/mol. The molecule has 0 heterocycles. The molecule has 0 spiro atoms. The van der Waals surface area contributed by atoms with Gasteiger partial charge in [-0.05, 0) is 28.9 Å². The molecule has 1 N–H and O–H groups in total. The molecule has 1 aromatic rings. The van der Waals surface area contributed by atoms with Gasteiger partial charge in [-0.2, -0.15) is 5.26 Å². The first-order valence-electron chi connectivity index (χ1n) is 4.63. The number of nitrogens with one attached hydrogen (secondary N) is 1. The summed E-state index contributed by atoms with van der Waals surface area (Å²) in [5.41, 5.74) is -0.0270. The minimum atomic E-state index is -3.83. The Morgan fingerprint density at radius 1 is 1.56 bits per heavy atom. The van der Waals surface area contributed by atoms with Gasteiger partial charge < -0.3 is 0 Å². The van der Waals surface area contributed by atoms with Crippen molar-refractivity contribution in [2.24, 2.45) is 0 Å². The highest BCUT2D eigenvalue weighted by Gasteiger charge is 2.21. The topological polar surface area (TPSA) is 113 Å². The lowest BCUT2D eigenvalue weighted by Gasteiger charge is -2.10. The zero-order valence-corrected chi connectivity index (χ0v) is 11.5. The van der Waals surface area contributed by atoms with Gasteiger partial charge in [0.25, 0.3) is 5.69 Å². The Hall–Kier alpha value is -1.66. The summed E-state index contributed by atoms with van der Waals surface area (Å²) in [5.74, 6) is 0. The van der Waals surface area contributed by atoms with Crippen molar-refractivity contribution < 1.29 is 13.3 Å². The van der Waals surface area contributed by atoms with Crippen molar-refractivity contribution in [2.45, 2.75) is 12.2 Å². The van der Waals surface area contributed by atoms with E-state index in [2.05, 4.69) is 20.7 Å². The summed E-state index contributed by atoms with van der Waals surface area (Å²) in [7, 11) is -3.83. The largest absolute Gasteiger partial charge is 0.281 e. The minimum absolute atomic E-state index is 0.141. The Morgan fingerprint density at radius 3 is 2.61 bits per heavy atom. The molecule has 0 radical (unpaired) electrons. The van der Waals surface area contributed by atoms with Crippen LogP contribution >= 0.6 is 15.9 Å². The molecule has 0 bridgehead atoms. The van der Waals surface area contributed by atoms with Crippen LogP contribution in [-0.2, 0) is 10.0 Å². The molecule has 18 heavy (non-hydrogen) atoms. The zero-order chi connectivity index (χ0) is 13.9. The van der Waals surface area contributed by atoms with E-state index in [-0.39, 0.29) is 15.8 Å². The van der Waals surface area contributed by atoms with E-state index in [0.717, 1.165) is 0 Å². The first-order valence-corrected chi connectivity index (χ1v) is 6.97. The van der Waals surface area contributed by atoms with Crippen LogP contribution < -0.4 is 4.72 Å². The van der Waals surface area contributed by atoms with Crippen molar-refractivity contribution in [3.8, 4) is 6.07 Å². The molecule has 0 amide bonds. The van der Waals surface area contributed by atoms with Gasteiger partial charge in [-0.1, -0.05) is 0 Å². The molecular formula is C9H8BrN3O4S. The fourth-order valence-electron chi connectivity index (χ4n) is 1.01. The number of non-ortho nitro benzene ring substituents is 1. The summed E-state index contributed by atoms with van der Waals surface area (Å²) >= 11 is 3.02. The van der Waals surface area contributed by atoms with Crippen molar-refractivity contribution in [1.29, 1.82) is 5.26 Å². The summed E-state index contributed by atoms with van der Waals surface area (Å²) in [5, 5.41) is 17.8. The molecule has 0 saturated carbocycles. The molecule has 1 aromatic carbocycles. The van der Waals surface area contributed by atoms with E-state index < -0.39 is 20.2 Å². The van der Waals surface area contributed by atoms with Gasteiger partial charge in [0, 0.05) is 16.6 Å². The van der Waals surface area contributed by atoms with Gasteiger partial charge in [-0.3, -0.25) is 14.8 Å². The van der Waals surface area contributed by atoms with Crippen LogP contribution in [0, 0.1) is 21.4 Å². The standard InChI is InChI=1S/C9H8BrN3O4S/c1-6(5-11)18(16,17)12-9-3-2-7(13(14)15)4-8(9)10/h2-4,6,12H,1H3. The first-order chi connectivity index (χ1) is 8.27. The number of anilines is 1. The van der Waals surface area contributed by atoms with E-state index >= 15 is 0 Å². The van der Waals surface area contributed by atoms with Crippen LogP contribution in [-0.4, -0.2) is 18.6 Å². The fraction of sp³-hybridized carbons (Fsp3) is 0.222. The number of hydrogen-bond donors (Lipinski definition) is 1. The lowest BCUT2D eigenvalue weighted by molar-refractivity contribution is -0.384. The van der Waals surface area contributed by atoms with Gasteiger partial charge in [0.15, 0.2) is 5.25 Å². The number of nitriles is 1. The third-order valence-corrected chi connectivity index (χ3v) is 4.26. The van der Waals surface area contributed by atoms with Gasteiger partial charge in [0.2, 0.25) is 10.0 Å². The maximum Gasteiger partial charge on any atom is 0.270 e. The number of nitrogens with zero attached hydrogens (tertiary/aromatic N) is 2. The quantitative estimate of drug-likeness (QED) is 0.668. The van der Waals surface area contributed by atoms with E-state index in [1.807, 2.05) is 0 Å². The van der Waals surface area contributed by atoms with Gasteiger partial charge in [0.05, 0.1) is 16.7 Å². The molecule has 1 rings (SSSR count). The Bertz CT molecular complexity index is 623. The second-order valence-electron chi connectivity index (χ2n) is 3.34. The molecule has 1 atom stereocenters. The Labute approximate surface area is 112 Å². The molecule has 0 saturated heterocycles. The molecule has 7 nitrogen and oxygen atoms in total. The Kier molecular flexibility index (Phi) is 4.26. The average molecular weight is 334 g/mol. The van der Waals surface area contributed by atoms with Crippen LogP contribution in [0.4, 0.5) is 11.4 Å². The summed E-state index contributed by atoms with van der Waals surface area (Å²) in [6, 6.07) is 5.20. The number of nitro groups is 1. The maximum absolute atomic E-state index is 11.6. The Balaban J connectivity index is 3.08. The van der Waals surface area contributed by atoms with Crippen molar-refractivity contribution in [3.63, 3.8) is 0 Å².